The maximum absolute atomic E-state index is 11.3. The van der Waals surface area contributed by atoms with Gasteiger partial charge in [0.15, 0.2) is 5.11 Å². The van der Waals surface area contributed by atoms with Crippen LogP contribution < -0.4 is 20.5 Å². The molecule has 0 spiro atoms. The molecule has 0 bridgehead atoms. The van der Waals surface area contributed by atoms with Gasteiger partial charge in [-0.3, -0.25) is 0 Å². The molecule has 0 aliphatic heterocycles. The second-order valence-corrected chi connectivity index (χ2v) is 7.56. The molecule has 138 valence electrons. The number of rotatable bonds is 5. The maximum atomic E-state index is 11.3. The first-order valence-corrected chi connectivity index (χ1v) is 9.89. The molecule has 0 saturated carbocycles. The number of primary sulfonamides is 1. The molecule has 27 heavy (non-hydrogen) atoms. The molecule has 3 aromatic rings. The van der Waals surface area contributed by atoms with Gasteiger partial charge in [0, 0.05) is 11.4 Å². The van der Waals surface area contributed by atoms with Gasteiger partial charge in [-0.25, -0.2) is 13.6 Å². The number of benzene rings is 3. The summed E-state index contributed by atoms with van der Waals surface area (Å²) in [6.07, 6.45) is 0. The highest BCUT2D eigenvalue weighted by molar-refractivity contribution is 7.89. The summed E-state index contributed by atoms with van der Waals surface area (Å²) in [5.74, 6) is 1.47. The molecular weight excluding hydrogens is 382 g/mol. The van der Waals surface area contributed by atoms with E-state index in [4.69, 9.17) is 22.1 Å². The van der Waals surface area contributed by atoms with Gasteiger partial charge in [-0.05, 0) is 72.9 Å². The lowest BCUT2D eigenvalue weighted by Crippen LogP contribution is -2.19. The minimum absolute atomic E-state index is 0.0425. The van der Waals surface area contributed by atoms with Gasteiger partial charge in [-0.2, -0.15) is 0 Å². The molecule has 0 atom stereocenters. The smallest absolute Gasteiger partial charge is 0.238 e. The summed E-state index contributed by atoms with van der Waals surface area (Å²) in [5, 5.41) is 11.5. The average Bonchev–Trinajstić information content (AvgIpc) is 2.64. The largest absolute Gasteiger partial charge is 0.457 e. The fourth-order valence-electron chi connectivity index (χ4n) is 2.25. The van der Waals surface area contributed by atoms with E-state index in [1.165, 1.54) is 12.1 Å². The Bertz CT molecular complexity index is 1020. The van der Waals surface area contributed by atoms with Crippen LogP contribution in [0.2, 0.25) is 0 Å². The lowest BCUT2D eigenvalue weighted by molar-refractivity contribution is 0.483. The van der Waals surface area contributed by atoms with Gasteiger partial charge in [0.25, 0.3) is 0 Å². The van der Waals surface area contributed by atoms with Gasteiger partial charge in [-0.1, -0.05) is 18.2 Å². The van der Waals surface area contributed by atoms with Crippen LogP contribution >= 0.6 is 12.2 Å². The minimum atomic E-state index is -3.71. The third-order valence-electron chi connectivity index (χ3n) is 3.53. The Labute approximate surface area is 163 Å². The molecule has 0 radical (unpaired) electrons. The van der Waals surface area contributed by atoms with Crippen molar-refractivity contribution in [3.63, 3.8) is 0 Å². The third kappa shape index (κ3) is 5.52. The van der Waals surface area contributed by atoms with Gasteiger partial charge >= 0.3 is 0 Å². The number of sulfonamides is 1. The molecule has 0 saturated heterocycles. The zero-order chi connectivity index (χ0) is 19.3. The molecule has 4 N–H and O–H groups in total. The van der Waals surface area contributed by atoms with Crippen LogP contribution in [-0.2, 0) is 10.0 Å². The van der Waals surface area contributed by atoms with Gasteiger partial charge < -0.3 is 15.4 Å². The molecule has 0 aliphatic carbocycles. The van der Waals surface area contributed by atoms with Crippen LogP contribution in [0.1, 0.15) is 0 Å². The lowest BCUT2D eigenvalue weighted by atomic mass is 10.3. The topological polar surface area (TPSA) is 93.5 Å². The van der Waals surface area contributed by atoms with Gasteiger partial charge in [0.1, 0.15) is 11.5 Å². The molecular formula is C19H17N3O3S2. The van der Waals surface area contributed by atoms with Crippen LogP contribution in [0.3, 0.4) is 0 Å². The van der Waals surface area contributed by atoms with E-state index < -0.39 is 10.0 Å². The highest BCUT2D eigenvalue weighted by atomic mass is 32.2. The molecule has 8 heteroatoms. The summed E-state index contributed by atoms with van der Waals surface area (Å²) in [7, 11) is -3.71. The number of para-hydroxylation sites is 1. The van der Waals surface area contributed by atoms with E-state index >= 15 is 0 Å². The Hall–Kier alpha value is -2.94. The first kappa shape index (κ1) is 18.8. The van der Waals surface area contributed by atoms with Crippen molar-refractivity contribution in [3.05, 3.63) is 78.9 Å². The summed E-state index contributed by atoms with van der Waals surface area (Å²) in [4.78, 5) is 0.0425. The summed E-state index contributed by atoms with van der Waals surface area (Å²) < 4.78 is 28.3. The van der Waals surface area contributed by atoms with Crippen LogP contribution in [0.25, 0.3) is 0 Å². The predicted octanol–water partition coefficient (Wildman–Crippen LogP) is 3.94. The van der Waals surface area contributed by atoms with E-state index in [2.05, 4.69) is 10.6 Å². The first-order valence-electron chi connectivity index (χ1n) is 7.94. The van der Waals surface area contributed by atoms with Gasteiger partial charge in [0.05, 0.1) is 4.90 Å². The van der Waals surface area contributed by atoms with Gasteiger partial charge in [0.2, 0.25) is 10.0 Å². The molecule has 0 aromatic heterocycles. The third-order valence-corrected chi connectivity index (χ3v) is 4.67. The van der Waals surface area contributed by atoms with Crippen molar-refractivity contribution in [1.29, 1.82) is 0 Å². The van der Waals surface area contributed by atoms with Crippen molar-refractivity contribution in [2.24, 2.45) is 5.14 Å². The Kier molecular flexibility index (Phi) is 5.70. The standard InChI is InChI=1S/C19H17N3O3S2/c20-27(23,24)18-12-8-15(9-13-18)22-19(26)21-14-6-10-17(11-7-14)25-16-4-2-1-3-5-16/h1-13H,(H2,20,23,24)(H2,21,22,26). The highest BCUT2D eigenvalue weighted by Crippen LogP contribution is 2.22. The van der Waals surface area contributed by atoms with E-state index in [0.29, 0.717) is 16.5 Å². The number of ether oxygens (including phenoxy) is 1. The minimum Gasteiger partial charge on any atom is -0.457 e. The summed E-state index contributed by atoms with van der Waals surface area (Å²) in [6, 6.07) is 22.9. The molecule has 0 amide bonds. The Morgan fingerprint density at radius 3 is 1.78 bits per heavy atom. The van der Waals surface area contributed by atoms with Crippen molar-refractivity contribution in [3.8, 4) is 11.5 Å². The number of hydrogen-bond donors (Lipinski definition) is 3. The monoisotopic (exact) mass is 399 g/mol. The molecule has 6 nitrogen and oxygen atoms in total. The van der Waals surface area contributed by atoms with Crippen LogP contribution in [0.15, 0.2) is 83.8 Å². The van der Waals surface area contributed by atoms with Gasteiger partial charge in [-0.15, -0.1) is 0 Å². The molecule has 3 aromatic carbocycles. The Morgan fingerprint density at radius 2 is 1.26 bits per heavy atom. The number of anilines is 2. The molecule has 0 fully saturated rings. The van der Waals surface area contributed by atoms with Crippen molar-refractivity contribution < 1.29 is 13.2 Å². The fraction of sp³-hybridized carbons (Fsp3) is 0. The number of nitrogens with two attached hydrogens (primary N) is 1. The number of hydrogen-bond acceptors (Lipinski definition) is 4. The highest BCUT2D eigenvalue weighted by Gasteiger charge is 2.07. The van der Waals surface area contributed by atoms with Crippen molar-refractivity contribution >= 4 is 38.7 Å². The molecule has 0 unspecified atom stereocenters. The number of nitrogens with one attached hydrogen (secondary N) is 2. The van der Waals surface area contributed by atoms with E-state index in [9.17, 15) is 8.42 Å². The van der Waals surface area contributed by atoms with Crippen LogP contribution in [0.5, 0.6) is 11.5 Å². The van der Waals surface area contributed by atoms with Crippen LogP contribution in [0, 0.1) is 0 Å². The normalized spacial score (nSPS) is 10.9. The summed E-state index contributed by atoms with van der Waals surface area (Å²) in [5.41, 5.74) is 1.43. The van der Waals surface area contributed by atoms with E-state index in [-0.39, 0.29) is 4.90 Å². The van der Waals surface area contributed by atoms with E-state index in [1.54, 1.807) is 12.1 Å². The summed E-state index contributed by atoms with van der Waals surface area (Å²) in [6.45, 7) is 0. The second kappa shape index (κ2) is 8.17. The molecule has 0 aliphatic rings. The molecule has 0 heterocycles. The Morgan fingerprint density at radius 1 is 0.778 bits per heavy atom. The predicted molar refractivity (Wildman–Crippen MR) is 111 cm³/mol. The van der Waals surface area contributed by atoms with Crippen molar-refractivity contribution in [1.82, 2.24) is 0 Å². The Balaban J connectivity index is 1.57. The van der Waals surface area contributed by atoms with E-state index in [1.807, 2.05) is 54.6 Å². The SMILES string of the molecule is NS(=O)(=O)c1ccc(NC(=S)Nc2ccc(Oc3ccccc3)cc2)cc1. The van der Waals surface area contributed by atoms with Crippen molar-refractivity contribution in [2.75, 3.05) is 10.6 Å². The number of thiocarbonyl (C=S) groups is 1. The quantitative estimate of drug-likeness (QED) is 0.563. The maximum Gasteiger partial charge on any atom is 0.238 e. The summed E-state index contributed by atoms with van der Waals surface area (Å²) >= 11 is 5.27. The lowest BCUT2D eigenvalue weighted by Gasteiger charge is -2.12. The van der Waals surface area contributed by atoms with Crippen molar-refractivity contribution in [2.45, 2.75) is 4.90 Å². The first-order chi connectivity index (χ1) is 12.9. The second-order valence-electron chi connectivity index (χ2n) is 5.59. The van der Waals surface area contributed by atoms with E-state index in [0.717, 1.165) is 11.4 Å². The van der Waals surface area contributed by atoms with Crippen LogP contribution in [0.4, 0.5) is 11.4 Å². The van der Waals surface area contributed by atoms with Crippen LogP contribution in [-0.4, -0.2) is 13.5 Å². The zero-order valence-corrected chi connectivity index (χ0v) is 15.8. The zero-order valence-electron chi connectivity index (χ0n) is 14.1. The average molecular weight is 399 g/mol. The molecule has 3 rings (SSSR count). The fourth-order valence-corrected chi connectivity index (χ4v) is 3.00.